The van der Waals surface area contributed by atoms with Crippen molar-refractivity contribution in [2.45, 2.75) is 50.5 Å². The summed E-state index contributed by atoms with van der Waals surface area (Å²) in [6.07, 6.45) is 3.90. The maximum absolute atomic E-state index is 12.5. The Kier molecular flexibility index (Phi) is 3.83. The molecule has 27 heavy (non-hydrogen) atoms. The summed E-state index contributed by atoms with van der Waals surface area (Å²) in [5.74, 6) is 0.859. The number of hydrogen-bond donors (Lipinski definition) is 2. The van der Waals surface area contributed by atoms with Crippen LogP contribution in [-0.2, 0) is 16.6 Å². The summed E-state index contributed by atoms with van der Waals surface area (Å²) < 4.78 is 0.939. The number of piperidine rings is 1. The van der Waals surface area contributed by atoms with E-state index in [0.717, 1.165) is 53.8 Å². The molecule has 3 atom stereocenters. The highest BCUT2D eigenvalue weighted by Gasteiger charge is 2.57. The number of benzene rings is 1. The van der Waals surface area contributed by atoms with Crippen LogP contribution < -0.4 is 5.73 Å². The van der Waals surface area contributed by atoms with Gasteiger partial charge in [-0.3, -0.25) is 9.69 Å². The third kappa shape index (κ3) is 2.34. The van der Waals surface area contributed by atoms with Crippen molar-refractivity contribution >= 4 is 44.3 Å². The van der Waals surface area contributed by atoms with Crippen LogP contribution in [0.25, 0.3) is 10.9 Å². The number of rotatable bonds is 1. The maximum Gasteiger partial charge on any atom is 0.237 e. The lowest BCUT2D eigenvalue weighted by Gasteiger charge is -2.54. The highest BCUT2D eigenvalue weighted by atomic mass is 79.9. The zero-order valence-electron chi connectivity index (χ0n) is 15.7. The number of aromatic nitrogens is 1. The molecule has 0 radical (unpaired) electrons. The normalized spacial score (nSPS) is 32.1. The SMILES string of the molecule is CC1(C)c2[nH]c3cc(Cl)c(Br)cc3c2C[C@H]2CN3CCC[C@@]3(C(N)=O)C[C@H]21. The lowest BCUT2D eigenvalue weighted by atomic mass is 9.57. The van der Waals surface area contributed by atoms with Gasteiger partial charge in [0, 0.05) is 33.0 Å². The number of hydrogen-bond acceptors (Lipinski definition) is 2. The minimum atomic E-state index is -0.436. The van der Waals surface area contributed by atoms with E-state index in [1.54, 1.807) is 0 Å². The van der Waals surface area contributed by atoms with Crippen LogP contribution >= 0.6 is 27.5 Å². The van der Waals surface area contributed by atoms with Gasteiger partial charge in [0.05, 0.1) is 5.02 Å². The summed E-state index contributed by atoms with van der Waals surface area (Å²) in [6.45, 7) is 6.62. The molecule has 1 aliphatic carbocycles. The van der Waals surface area contributed by atoms with Gasteiger partial charge in [-0.2, -0.15) is 0 Å². The number of primary amides is 1. The third-order valence-corrected chi connectivity index (χ3v) is 8.85. The van der Waals surface area contributed by atoms with Crippen molar-refractivity contribution in [3.63, 3.8) is 0 Å². The number of carbonyl (C=O) groups excluding carboxylic acids is 1. The Hall–Kier alpha value is -1.04. The molecule has 0 spiro atoms. The van der Waals surface area contributed by atoms with E-state index in [9.17, 15) is 4.79 Å². The molecule has 2 saturated heterocycles. The largest absolute Gasteiger partial charge is 0.368 e. The first-order valence-electron chi connectivity index (χ1n) is 9.79. The number of amides is 1. The lowest BCUT2D eigenvalue weighted by Crippen LogP contribution is -2.63. The minimum Gasteiger partial charge on any atom is -0.368 e. The van der Waals surface area contributed by atoms with Crippen LogP contribution in [0.2, 0.25) is 5.02 Å². The summed E-state index contributed by atoms with van der Waals surface area (Å²) in [5.41, 5.74) is 9.29. The average Bonchev–Trinajstić information content (AvgIpc) is 3.17. The molecule has 1 aromatic carbocycles. The van der Waals surface area contributed by atoms with E-state index in [1.807, 2.05) is 6.07 Å². The standard InChI is InChI=1S/C21H25BrClN3O/c1-20(2)14-9-21(19(24)27)4-3-5-26(21)10-11(14)6-13-12-7-15(22)16(23)8-17(12)25-18(13)20/h7-8,11,14,25H,3-6,9-10H2,1-2H3,(H2,24,27)/t11-,14+,21-/m0/s1. The third-order valence-electron chi connectivity index (χ3n) is 7.65. The Morgan fingerprint density at radius 2 is 2.19 bits per heavy atom. The number of carbonyl (C=O) groups is 1. The van der Waals surface area contributed by atoms with Crippen molar-refractivity contribution in [2.75, 3.05) is 13.1 Å². The van der Waals surface area contributed by atoms with Gasteiger partial charge in [-0.05, 0) is 77.7 Å². The van der Waals surface area contributed by atoms with Crippen LogP contribution in [-0.4, -0.2) is 34.4 Å². The second-order valence-corrected chi connectivity index (χ2v) is 10.5. The summed E-state index contributed by atoms with van der Waals surface area (Å²) in [6, 6.07) is 4.16. The number of fused-ring (bicyclic) bond motifs is 5. The predicted octanol–water partition coefficient (Wildman–Crippen LogP) is 4.37. The number of H-pyrrole nitrogens is 1. The topological polar surface area (TPSA) is 62.1 Å². The first kappa shape index (κ1) is 18.0. The van der Waals surface area contributed by atoms with E-state index in [4.69, 9.17) is 17.3 Å². The minimum absolute atomic E-state index is 0.0344. The molecule has 2 aliphatic heterocycles. The Morgan fingerprint density at radius 1 is 1.41 bits per heavy atom. The van der Waals surface area contributed by atoms with Crippen molar-refractivity contribution in [1.29, 1.82) is 0 Å². The molecular formula is C21H25BrClN3O. The first-order chi connectivity index (χ1) is 12.7. The van der Waals surface area contributed by atoms with E-state index in [2.05, 4.69) is 45.7 Å². The fourth-order valence-corrected chi connectivity index (χ4v) is 6.76. The Morgan fingerprint density at radius 3 is 2.93 bits per heavy atom. The van der Waals surface area contributed by atoms with Crippen molar-refractivity contribution in [3.05, 3.63) is 32.9 Å². The van der Waals surface area contributed by atoms with Gasteiger partial charge in [0.1, 0.15) is 5.54 Å². The van der Waals surface area contributed by atoms with Gasteiger partial charge in [0.2, 0.25) is 5.91 Å². The Balaban J connectivity index is 1.65. The fraction of sp³-hybridized carbons (Fsp3) is 0.571. The Bertz CT molecular complexity index is 968. The smallest absolute Gasteiger partial charge is 0.237 e. The highest BCUT2D eigenvalue weighted by molar-refractivity contribution is 9.10. The number of nitrogens with zero attached hydrogens (tertiary/aromatic N) is 1. The molecule has 3 aliphatic rings. The number of nitrogens with two attached hydrogens (primary N) is 1. The quantitative estimate of drug-likeness (QED) is 0.677. The first-order valence-corrected chi connectivity index (χ1v) is 11.0. The average molecular weight is 451 g/mol. The second-order valence-electron chi connectivity index (χ2n) is 9.23. The molecular weight excluding hydrogens is 426 g/mol. The van der Waals surface area contributed by atoms with Crippen molar-refractivity contribution < 1.29 is 4.79 Å². The van der Waals surface area contributed by atoms with Gasteiger partial charge in [-0.1, -0.05) is 25.4 Å². The van der Waals surface area contributed by atoms with Crippen LogP contribution in [0, 0.1) is 11.8 Å². The maximum atomic E-state index is 12.5. The molecule has 2 aromatic rings. The van der Waals surface area contributed by atoms with E-state index in [0.29, 0.717) is 11.8 Å². The summed E-state index contributed by atoms with van der Waals surface area (Å²) in [7, 11) is 0. The predicted molar refractivity (Wildman–Crippen MR) is 112 cm³/mol. The summed E-state index contributed by atoms with van der Waals surface area (Å²) in [4.78, 5) is 18.5. The molecule has 3 N–H and O–H groups in total. The van der Waals surface area contributed by atoms with Crippen LogP contribution in [0.1, 0.15) is 44.4 Å². The molecule has 3 heterocycles. The van der Waals surface area contributed by atoms with Gasteiger partial charge >= 0.3 is 0 Å². The molecule has 6 heteroatoms. The lowest BCUT2D eigenvalue weighted by molar-refractivity contribution is -0.135. The number of aromatic amines is 1. The molecule has 1 aromatic heterocycles. The van der Waals surface area contributed by atoms with Gasteiger partial charge in [-0.25, -0.2) is 0 Å². The summed E-state index contributed by atoms with van der Waals surface area (Å²) >= 11 is 9.92. The van der Waals surface area contributed by atoms with Gasteiger partial charge in [0.15, 0.2) is 0 Å². The van der Waals surface area contributed by atoms with Crippen LogP contribution in [0.3, 0.4) is 0 Å². The van der Waals surface area contributed by atoms with Crippen molar-refractivity contribution in [1.82, 2.24) is 9.88 Å². The van der Waals surface area contributed by atoms with Gasteiger partial charge in [0.25, 0.3) is 0 Å². The Labute approximate surface area is 172 Å². The van der Waals surface area contributed by atoms with Crippen LogP contribution in [0.5, 0.6) is 0 Å². The zero-order valence-corrected chi connectivity index (χ0v) is 18.1. The molecule has 0 unspecified atom stereocenters. The fourth-order valence-electron chi connectivity index (χ4n) is 6.26. The monoisotopic (exact) mass is 449 g/mol. The number of halogens is 2. The molecule has 144 valence electrons. The van der Waals surface area contributed by atoms with Crippen LogP contribution in [0.15, 0.2) is 16.6 Å². The number of nitrogens with one attached hydrogen (secondary N) is 1. The van der Waals surface area contributed by atoms with E-state index < -0.39 is 5.54 Å². The summed E-state index contributed by atoms with van der Waals surface area (Å²) in [5, 5.41) is 1.99. The molecule has 0 saturated carbocycles. The van der Waals surface area contributed by atoms with Gasteiger partial charge in [-0.15, -0.1) is 0 Å². The van der Waals surface area contributed by atoms with Gasteiger partial charge < -0.3 is 10.7 Å². The molecule has 4 nitrogen and oxygen atoms in total. The molecule has 5 rings (SSSR count). The zero-order chi connectivity index (χ0) is 19.1. The van der Waals surface area contributed by atoms with Crippen LogP contribution in [0.4, 0.5) is 0 Å². The highest BCUT2D eigenvalue weighted by Crippen LogP contribution is 2.54. The molecule has 2 fully saturated rings. The van der Waals surface area contributed by atoms with Crippen molar-refractivity contribution in [2.24, 2.45) is 17.6 Å². The van der Waals surface area contributed by atoms with Crippen molar-refractivity contribution in [3.8, 4) is 0 Å². The van der Waals surface area contributed by atoms with E-state index in [1.165, 1.54) is 16.6 Å². The second kappa shape index (κ2) is 5.74. The molecule has 0 bridgehead atoms. The van der Waals surface area contributed by atoms with E-state index in [-0.39, 0.29) is 11.3 Å². The molecule has 1 amide bonds. The van der Waals surface area contributed by atoms with E-state index >= 15 is 0 Å².